The molecule has 2 rings (SSSR count). The quantitative estimate of drug-likeness (QED) is 0.528. The Morgan fingerprint density at radius 3 is 1.95 bits per heavy atom. The second kappa shape index (κ2) is 8.35. The van der Waals surface area contributed by atoms with Gasteiger partial charge in [0.15, 0.2) is 0 Å². The van der Waals surface area contributed by atoms with Crippen LogP contribution in [-0.2, 0) is 0 Å². The van der Waals surface area contributed by atoms with E-state index in [1.165, 1.54) is 36.8 Å². The Morgan fingerprint density at radius 2 is 1.33 bits per heavy atom. The Labute approximate surface area is 127 Å². The molecule has 2 aromatic carbocycles. The lowest BCUT2D eigenvalue weighted by Crippen LogP contribution is -1.97. The van der Waals surface area contributed by atoms with Crippen LogP contribution >= 0.6 is 0 Å². The van der Waals surface area contributed by atoms with Crippen LogP contribution in [0.15, 0.2) is 48.5 Å². The van der Waals surface area contributed by atoms with Crippen molar-refractivity contribution in [3.63, 3.8) is 0 Å². The zero-order valence-electron chi connectivity index (χ0n) is 12.8. The lowest BCUT2D eigenvalue weighted by Gasteiger charge is -2.07. The van der Waals surface area contributed by atoms with Gasteiger partial charge in [-0.25, -0.2) is 0 Å². The van der Waals surface area contributed by atoms with Crippen LogP contribution in [0.5, 0.6) is 5.75 Å². The van der Waals surface area contributed by atoms with Gasteiger partial charge in [0.1, 0.15) is 5.75 Å². The molecule has 0 aromatic heterocycles. The predicted octanol–water partition coefficient (Wildman–Crippen LogP) is 5.29. The molecular formula is C19H25NO. The smallest absolute Gasteiger partial charge is 0.119 e. The molecule has 0 spiro atoms. The van der Waals surface area contributed by atoms with E-state index in [0.29, 0.717) is 0 Å². The van der Waals surface area contributed by atoms with Gasteiger partial charge in [-0.15, -0.1) is 0 Å². The summed E-state index contributed by atoms with van der Waals surface area (Å²) in [6.07, 6.45) is 6.33. The molecule has 2 heteroatoms. The summed E-state index contributed by atoms with van der Waals surface area (Å²) in [7, 11) is 0. The van der Waals surface area contributed by atoms with Crippen LogP contribution in [0.1, 0.15) is 39.0 Å². The van der Waals surface area contributed by atoms with Gasteiger partial charge in [0.25, 0.3) is 0 Å². The minimum atomic E-state index is 0.793. The lowest BCUT2D eigenvalue weighted by molar-refractivity contribution is 0.304. The van der Waals surface area contributed by atoms with Gasteiger partial charge in [-0.05, 0) is 41.8 Å². The number of hydrogen-bond acceptors (Lipinski definition) is 2. The SMILES string of the molecule is CCCCCCCOc1ccc(-c2ccc(N)cc2)cc1. The van der Waals surface area contributed by atoms with Gasteiger partial charge in [0, 0.05) is 5.69 Å². The standard InChI is InChI=1S/C19H25NO/c1-2-3-4-5-6-15-21-19-13-9-17(10-14-19)16-7-11-18(20)12-8-16/h7-14H,2-6,15,20H2,1H3. The first-order valence-corrected chi connectivity index (χ1v) is 7.88. The first-order valence-electron chi connectivity index (χ1n) is 7.88. The van der Waals surface area contributed by atoms with Gasteiger partial charge in [-0.2, -0.15) is 0 Å². The molecule has 0 aliphatic heterocycles. The largest absolute Gasteiger partial charge is 0.494 e. The van der Waals surface area contributed by atoms with E-state index >= 15 is 0 Å². The number of ether oxygens (including phenoxy) is 1. The molecule has 2 nitrogen and oxygen atoms in total. The third-order valence-corrected chi connectivity index (χ3v) is 3.61. The highest BCUT2D eigenvalue weighted by molar-refractivity contribution is 5.66. The number of unbranched alkanes of at least 4 members (excludes halogenated alkanes) is 4. The molecular weight excluding hydrogens is 258 g/mol. The number of hydrogen-bond donors (Lipinski definition) is 1. The van der Waals surface area contributed by atoms with Crippen molar-refractivity contribution in [3.05, 3.63) is 48.5 Å². The Morgan fingerprint density at radius 1 is 0.762 bits per heavy atom. The highest BCUT2D eigenvalue weighted by Gasteiger charge is 1.99. The van der Waals surface area contributed by atoms with Gasteiger partial charge in [0.05, 0.1) is 6.61 Å². The Hall–Kier alpha value is -1.96. The molecule has 21 heavy (non-hydrogen) atoms. The summed E-state index contributed by atoms with van der Waals surface area (Å²) < 4.78 is 5.78. The van der Waals surface area contributed by atoms with Crippen LogP contribution in [-0.4, -0.2) is 6.61 Å². The minimum Gasteiger partial charge on any atom is -0.494 e. The first-order chi connectivity index (χ1) is 10.3. The Bertz CT molecular complexity index is 516. The van der Waals surface area contributed by atoms with E-state index in [0.717, 1.165) is 24.5 Å². The van der Waals surface area contributed by atoms with Gasteiger partial charge in [-0.1, -0.05) is 56.9 Å². The van der Waals surface area contributed by atoms with E-state index in [1.54, 1.807) is 0 Å². The number of benzene rings is 2. The average Bonchev–Trinajstić information content (AvgIpc) is 2.52. The molecule has 0 aliphatic carbocycles. The predicted molar refractivity (Wildman–Crippen MR) is 90.5 cm³/mol. The van der Waals surface area contributed by atoms with Crippen molar-refractivity contribution in [2.75, 3.05) is 12.3 Å². The maximum Gasteiger partial charge on any atom is 0.119 e. The molecule has 2 aromatic rings. The summed E-state index contributed by atoms with van der Waals surface area (Å²) >= 11 is 0. The van der Waals surface area contributed by atoms with Crippen LogP contribution in [0.4, 0.5) is 5.69 Å². The molecule has 0 saturated carbocycles. The fraction of sp³-hybridized carbons (Fsp3) is 0.368. The highest BCUT2D eigenvalue weighted by Crippen LogP contribution is 2.23. The van der Waals surface area contributed by atoms with Crippen molar-refractivity contribution in [1.82, 2.24) is 0 Å². The maximum absolute atomic E-state index is 5.78. The van der Waals surface area contributed by atoms with Gasteiger partial charge in [-0.3, -0.25) is 0 Å². The van der Waals surface area contributed by atoms with E-state index in [9.17, 15) is 0 Å². The van der Waals surface area contributed by atoms with Gasteiger partial charge < -0.3 is 10.5 Å². The fourth-order valence-corrected chi connectivity index (χ4v) is 2.31. The molecule has 0 bridgehead atoms. The van der Waals surface area contributed by atoms with E-state index in [4.69, 9.17) is 10.5 Å². The topological polar surface area (TPSA) is 35.2 Å². The van der Waals surface area contributed by atoms with Crippen LogP contribution in [0.2, 0.25) is 0 Å². The monoisotopic (exact) mass is 283 g/mol. The number of anilines is 1. The van der Waals surface area contributed by atoms with E-state index < -0.39 is 0 Å². The molecule has 112 valence electrons. The molecule has 0 amide bonds. The summed E-state index contributed by atoms with van der Waals surface area (Å²) in [5.41, 5.74) is 8.86. The molecule has 0 aliphatic rings. The summed E-state index contributed by atoms with van der Waals surface area (Å²) in [5, 5.41) is 0. The summed E-state index contributed by atoms with van der Waals surface area (Å²) in [6, 6.07) is 16.2. The van der Waals surface area contributed by atoms with Crippen molar-refractivity contribution < 1.29 is 4.74 Å². The van der Waals surface area contributed by atoms with Crippen LogP contribution in [0.25, 0.3) is 11.1 Å². The highest BCUT2D eigenvalue weighted by atomic mass is 16.5. The van der Waals surface area contributed by atoms with Crippen molar-refractivity contribution >= 4 is 5.69 Å². The molecule has 0 unspecified atom stereocenters. The maximum atomic E-state index is 5.78. The Balaban J connectivity index is 1.80. The normalized spacial score (nSPS) is 10.5. The molecule has 0 atom stereocenters. The number of nitrogens with two attached hydrogens (primary N) is 1. The van der Waals surface area contributed by atoms with E-state index in [2.05, 4.69) is 19.1 Å². The van der Waals surface area contributed by atoms with E-state index in [1.807, 2.05) is 36.4 Å². The average molecular weight is 283 g/mol. The van der Waals surface area contributed by atoms with Gasteiger partial charge in [0.2, 0.25) is 0 Å². The first kappa shape index (κ1) is 15.4. The fourth-order valence-electron chi connectivity index (χ4n) is 2.31. The number of rotatable bonds is 8. The third-order valence-electron chi connectivity index (χ3n) is 3.61. The van der Waals surface area contributed by atoms with Crippen molar-refractivity contribution in [1.29, 1.82) is 0 Å². The van der Waals surface area contributed by atoms with Crippen LogP contribution in [0.3, 0.4) is 0 Å². The van der Waals surface area contributed by atoms with Crippen molar-refractivity contribution in [3.8, 4) is 16.9 Å². The summed E-state index contributed by atoms with van der Waals surface area (Å²) in [4.78, 5) is 0. The molecule has 0 radical (unpaired) electrons. The van der Waals surface area contributed by atoms with Crippen LogP contribution < -0.4 is 10.5 Å². The van der Waals surface area contributed by atoms with Crippen molar-refractivity contribution in [2.24, 2.45) is 0 Å². The molecule has 0 saturated heterocycles. The van der Waals surface area contributed by atoms with Gasteiger partial charge >= 0.3 is 0 Å². The molecule has 2 N–H and O–H groups in total. The summed E-state index contributed by atoms with van der Waals surface area (Å²) in [6.45, 7) is 3.05. The zero-order chi connectivity index (χ0) is 14.9. The second-order valence-corrected chi connectivity index (χ2v) is 5.41. The molecule has 0 heterocycles. The molecule has 0 fully saturated rings. The minimum absolute atomic E-state index is 0.793. The number of nitrogen functional groups attached to an aromatic ring is 1. The van der Waals surface area contributed by atoms with Crippen molar-refractivity contribution in [2.45, 2.75) is 39.0 Å². The second-order valence-electron chi connectivity index (χ2n) is 5.41. The Kier molecular flexibility index (Phi) is 6.14. The van der Waals surface area contributed by atoms with Crippen LogP contribution in [0, 0.1) is 0 Å². The van der Waals surface area contributed by atoms with E-state index in [-0.39, 0.29) is 0 Å². The summed E-state index contributed by atoms with van der Waals surface area (Å²) in [5.74, 6) is 0.949. The lowest BCUT2D eigenvalue weighted by atomic mass is 10.1. The third kappa shape index (κ3) is 5.14. The zero-order valence-corrected chi connectivity index (χ0v) is 12.8.